The smallest absolute Gasteiger partial charge is 0.217 e. The van der Waals surface area contributed by atoms with Crippen LogP contribution in [0.5, 0.6) is 11.6 Å². The highest BCUT2D eigenvalue weighted by atomic mass is 79.9. The van der Waals surface area contributed by atoms with Crippen molar-refractivity contribution in [2.24, 2.45) is 7.05 Å². The Hall–Kier alpha value is -1.33. The zero-order chi connectivity index (χ0) is 15.4. The highest BCUT2D eigenvalue weighted by Gasteiger charge is 2.11. The topological polar surface area (TPSA) is 39.1 Å². The third kappa shape index (κ3) is 4.08. The molecular formula is C16H22BrN3O. The number of aryl methyl sites for hydroxylation is 2. The minimum Gasteiger partial charge on any atom is -0.439 e. The van der Waals surface area contributed by atoms with E-state index in [0.29, 0.717) is 6.04 Å². The highest BCUT2D eigenvalue weighted by Crippen LogP contribution is 2.30. The standard InChI is InChI=1S/C16H22BrN3O/c1-5-8-18-12(3)14-7-6-13(10-15(14)17)21-16-9-11(2)19-20(16)4/h6-7,9-10,12,18H,5,8H2,1-4H3. The SMILES string of the molecule is CCCNC(C)c1ccc(Oc2cc(C)nn2C)cc1Br. The van der Waals surface area contributed by atoms with Gasteiger partial charge in [-0.15, -0.1) is 0 Å². The number of hydrogen-bond acceptors (Lipinski definition) is 3. The first-order valence-electron chi connectivity index (χ1n) is 7.22. The molecule has 1 aromatic carbocycles. The lowest BCUT2D eigenvalue weighted by Gasteiger charge is -2.16. The molecule has 1 heterocycles. The van der Waals surface area contributed by atoms with Crippen LogP contribution in [0.2, 0.25) is 0 Å². The maximum absolute atomic E-state index is 5.88. The number of rotatable bonds is 6. The Morgan fingerprint density at radius 1 is 1.38 bits per heavy atom. The Bertz CT molecular complexity index is 610. The van der Waals surface area contributed by atoms with Crippen molar-refractivity contribution in [1.29, 1.82) is 0 Å². The van der Waals surface area contributed by atoms with Crippen molar-refractivity contribution in [2.75, 3.05) is 6.54 Å². The average molecular weight is 352 g/mol. The summed E-state index contributed by atoms with van der Waals surface area (Å²) in [7, 11) is 1.88. The molecule has 1 atom stereocenters. The Kier molecular flexibility index (Phi) is 5.42. The molecule has 0 spiro atoms. The predicted molar refractivity (Wildman–Crippen MR) is 88.9 cm³/mol. The van der Waals surface area contributed by atoms with E-state index in [-0.39, 0.29) is 0 Å². The Balaban J connectivity index is 2.13. The van der Waals surface area contributed by atoms with Gasteiger partial charge in [0.25, 0.3) is 0 Å². The lowest BCUT2D eigenvalue weighted by atomic mass is 10.1. The second-order valence-corrected chi connectivity index (χ2v) is 6.06. The van der Waals surface area contributed by atoms with Gasteiger partial charge in [0.1, 0.15) is 5.75 Å². The van der Waals surface area contributed by atoms with E-state index >= 15 is 0 Å². The molecule has 0 fully saturated rings. The van der Waals surface area contributed by atoms with Crippen molar-refractivity contribution in [3.05, 3.63) is 40.0 Å². The number of benzene rings is 1. The van der Waals surface area contributed by atoms with Crippen LogP contribution in [-0.2, 0) is 7.05 Å². The van der Waals surface area contributed by atoms with Crippen molar-refractivity contribution in [3.8, 4) is 11.6 Å². The number of halogens is 1. The third-order valence-electron chi connectivity index (χ3n) is 3.32. The molecule has 0 radical (unpaired) electrons. The summed E-state index contributed by atoms with van der Waals surface area (Å²) < 4.78 is 8.67. The van der Waals surface area contributed by atoms with Crippen LogP contribution >= 0.6 is 15.9 Å². The van der Waals surface area contributed by atoms with Crippen molar-refractivity contribution in [3.63, 3.8) is 0 Å². The van der Waals surface area contributed by atoms with Crippen LogP contribution in [0.3, 0.4) is 0 Å². The number of nitrogens with one attached hydrogen (secondary N) is 1. The molecule has 1 unspecified atom stereocenters. The second kappa shape index (κ2) is 7.09. The van der Waals surface area contributed by atoms with Crippen LogP contribution in [-0.4, -0.2) is 16.3 Å². The van der Waals surface area contributed by atoms with Gasteiger partial charge in [-0.05, 0) is 44.5 Å². The fraction of sp³-hybridized carbons (Fsp3) is 0.438. The fourth-order valence-corrected chi connectivity index (χ4v) is 2.90. The van der Waals surface area contributed by atoms with E-state index < -0.39 is 0 Å². The largest absolute Gasteiger partial charge is 0.439 e. The first kappa shape index (κ1) is 16.0. The molecule has 1 aromatic heterocycles. The summed E-state index contributed by atoms with van der Waals surface area (Å²) in [6.07, 6.45) is 1.13. The van der Waals surface area contributed by atoms with Crippen LogP contribution in [0.1, 0.15) is 37.6 Å². The van der Waals surface area contributed by atoms with Gasteiger partial charge in [-0.2, -0.15) is 5.10 Å². The molecule has 0 bridgehead atoms. The summed E-state index contributed by atoms with van der Waals surface area (Å²) in [5.74, 6) is 1.54. The Morgan fingerprint density at radius 3 is 2.71 bits per heavy atom. The maximum atomic E-state index is 5.88. The zero-order valence-corrected chi connectivity index (χ0v) is 14.6. The normalized spacial score (nSPS) is 12.4. The molecule has 0 saturated carbocycles. The Morgan fingerprint density at radius 2 is 2.14 bits per heavy atom. The van der Waals surface area contributed by atoms with Gasteiger partial charge in [0.2, 0.25) is 5.88 Å². The second-order valence-electron chi connectivity index (χ2n) is 5.21. The van der Waals surface area contributed by atoms with E-state index in [1.165, 1.54) is 5.56 Å². The van der Waals surface area contributed by atoms with E-state index in [2.05, 4.69) is 46.3 Å². The molecule has 0 aliphatic heterocycles. The lowest BCUT2D eigenvalue weighted by Crippen LogP contribution is -2.19. The fourth-order valence-electron chi connectivity index (χ4n) is 2.20. The molecule has 0 amide bonds. The zero-order valence-electron chi connectivity index (χ0n) is 13.0. The minimum absolute atomic E-state index is 0.312. The quantitative estimate of drug-likeness (QED) is 0.840. The molecule has 0 saturated heterocycles. The van der Waals surface area contributed by atoms with Gasteiger partial charge in [-0.3, -0.25) is 0 Å². The molecule has 114 valence electrons. The van der Waals surface area contributed by atoms with Crippen molar-refractivity contribution >= 4 is 15.9 Å². The summed E-state index contributed by atoms with van der Waals surface area (Å²) in [5.41, 5.74) is 2.18. The van der Waals surface area contributed by atoms with Crippen molar-refractivity contribution < 1.29 is 4.74 Å². The molecule has 21 heavy (non-hydrogen) atoms. The van der Waals surface area contributed by atoms with E-state index in [1.807, 2.05) is 32.2 Å². The third-order valence-corrected chi connectivity index (χ3v) is 4.01. The van der Waals surface area contributed by atoms with Crippen LogP contribution in [0.15, 0.2) is 28.7 Å². The highest BCUT2D eigenvalue weighted by molar-refractivity contribution is 9.10. The predicted octanol–water partition coefficient (Wildman–Crippen LogP) is 4.34. The summed E-state index contributed by atoms with van der Waals surface area (Å²) in [6.45, 7) is 7.30. The monoisotopic (exact) mass is 351 g/mol. The van der Waals surface area contributed by atoms with Crippen molar-refractivity contribution in [2.45, 2.75) is 33.2 Å². The first-order valence-corrected chi connectivity index (χ1v) is 8.02. The molecule has 4 nitrogen and oxygen atoms in total. The maximum Gasteiger partial charge on any atom is 0.217 e. The summed E-state index contributed by atoms with van der Waals surface area (Å²) in [5, 5.41) is 7.77. The van der Waals surface area contributed by atoms with E-state index in [0.717, 1.165) is 34.8 Å². The van der Waals surface area contributed by atoms with Gasteiger partial charge in [-0.25, -0.2) is 4.68 Å². The van der Waals surface area contributed by atoms with Gasteiger partial charge in [-0.1, -0.05) is 28.9 Å². The molecule has 5 heteroatoms. The number of nitrogens with zero attached hydrogens (tertiary/aromatic N) is 2. The van der Waals surface area contributed by atoms with Crippen molar-refractivity contribution in [1.82, 2.24) is 15.1 Å². The molecule has 0 aliphatic carbocycles. The van der Waals surface area contributed by atoms with E-state index in [4.69, 9.17) is 4.74 Å². The van der Waals surface area contributed by atoms with E-state index in [9.17, 15) is 0 Å². The Labute approximate surface area is 134 Å². The van der Waals surface area contributed by atoms with Gasteiger partial charge in [0, 0.05) is 23.6 Å². The van der Waals surface area contributed by atoms with Gasteiger partial charge < -0.3 is 10.1 Å². The van der Waals surface area contributed by atoms with Crippen LogP contribution in [0.25, 0.3) is 0 Å². The van der Waals surface area contributed by atoms with Crippen LogP contribution < -0.4 is 10.1 Å². The van der Waals surface area contributed by atoms with Crippen LogP contribution in [0.4, 0.5) is 0 Å². The number of ether oxygens (including phenoxy) is 1. The molecule has 0 aliphatic rings. The molecule has 2 rings (SSSR count). The number of hydrogen-bond donors (Lipinski definition) is 1. The summed E-state index contributed by atoms with van der Waals surface area (Å²) in [6, 6.07) is 8.32. The minimum atomic E-state index is 0.312. The summed E-state index contributed by atoms with van der Waals surface area (Å²) >= 11 is 3.63. The van der Waals surface area contributed by atoms with E-state index in [1.54, 1.807) is 4.68 Å². The van der Waals surface area contributed by atoms with Gasteiger partial charge in [0.05, 0.1) is 5.69 Å². The lowest BCUT2D eigenvalue weighted by molar-refractivity contribution is 0.430. The average Bonchev–Trinajstić information content (AvgIpc) is 2.74. The molecular weight excluding hydrogens is 330 g/mol. The number of aromatic nitrogens is 2. The van der Waals surface area contributed by atoms with Gasteiger partial charge >= 0.3 is 0 Å². The summed E-state index contributed by atoms with van der Waals surface area (Å²) in [4.78, 5) is 0. The first-order chi connectivity index (χ1) is 10.0. The van der Waals surface area contributed by atoms with Gasteiger partial charge in [0.15, 0.2) is 0 Å². The van der Waals surface area contributed by atoms with Crippen LogP contribution in [0, 0.1) is 6.92 Å². The molecule has 2 aromatic rings. The molecule has 1 N–H and O–H groups in total.